The summed E-state index contributed by atoms with van der Waals surface area (Å²) >= 11 is 0. The number of ether oxygens (including phenoxy) is 1. The molecule has 1 atom stereocenters. The maximum absolute atomic E-state index is 13.5. The number of hydrogen-bond acceptors (Lipinski definition) is 4. The summed E-state index contributed by atoms with van der Waals surface area (Å²) in [6, 6.07) is 16.9. The first-order valence-corrected chi connectivity index (χ1v) is 13.1. The number of rotatable bonds is 9. The molecule has 35 heavy (non-hydrogen) atoms. The Kier molecular flexibility index (Phi) is 7.40. The lowest BCUT2D eigenvalue weighted by atomic mass is 10.0. The summed E-state index contributed by atoms with van der Waals surface area (Å²) in [6.07, 6.45) is 3.24. The molecule has 8 heteroatoms. The Morgan fingerprint density at radius 1 is 1.03 bits per heavy atom. The van der Waals surface area contributed by atoms with Gasteiger partial charge >= 0.3 is 0 Å². The minimum absolute atomic E-state index is 0.00440. The average Bonchev–Trinajstić information content (AvgIpc) is 3.32. The third kappa shape index (κ3) is 5.65. The van der Waals surface area contributed by atoms with Crippen LogP contribution >= 0.6 is 0 Å². The summed E-state index contributed by atoms with van der Waals surface area (Å²) < 4.78 is 47.0. The Labute approximate surface area is 205 Å². The van der Waals surface area contributed by atoms with E-state index >= 15 is 0 Å². The average molecular weight is 497 g/mol. The van der Waals surface area contributed by atoms with Crippen LogP contribution in [0.15, 0.2) is 71.6 Å². The van der Waals surface area contributed by atoms with E-state index in [4.69, 9.17) is 4.74 Å². The predicted octanol–water partition coefficient (Wildman–Crippen LogP) is 4.79. The highest BCUT2D eigenvalue weighted by molar-refractivity contribution is 7.92. The normalized spacial score (nSPS) is 13.7. The zero-order valence-electron chi connectivity index (χ0n) is 19.8. The number of halogens is 1. The number of fused-ring (bicyclic) bond motifs is 1. The molecule has 4 rings (SSSR count). The van der Waals surface area contributed by atoms with E-state index in [0.29, 0.717) is 12.4 Å². The first-order valence-electron chi connectivity index (χ1n) is 11.7. The molecule has 0 heterocycles. The van der Waals surface area contributed by atoms with Crippen LogP contribution in [0, 0.1) is 5.82 Å². The molecular weight excluding hydrogens is 467 g/mol. The van der Waals surface area contributed by atoms with Gasteiger partial charge in [-0.1, -0.05) is 18.2 Å². The zero-order valence-corrected chi connectivity index (χ0v) is 20.6. The van der Waals surface area contributed by atoms with E-state index in [9.17, 15) is 17.6 Å². The van der Waals surface area contributed by atoms with Crippen molar-refractivity contribution < 1.29 is 22.3 Å². The molecule has 0 aliphatic heterocycles. The van der Waals surface area contributed by atoms with Crippen LogP contribution in [0.25, 0.3) is 0 Å². The van der Waals surface area contributed by atoms with E-state index in [2.05, 4.69) is 17.4 Å². The van der Waals surface area contributed by atoms with Crippen LogP contribution in [0.1, 0.15) is 43.0 Å². The maximum Gasteiger partial charge on any atom is 0.264 e. The Morgan fingerprint density at radius 3 is 2.40 bits per heavy atom. The lowest BCUT2D eigenvalue weighted by molar-refractivity contribution is -0.120. The van der Waals surface area contributed by atoms with Crippen molar-refractivity contribution in [2.24, 2.45) is 0 Å². The van der Waals surface area contributed by atoms with E-state index in [1.165, 1.54) is 47.5 Å². The van der Waals surface area contributed by atoms with Gasteiger partial charge in [-0.2, -0.15) is 0 Å². The van der Waals surface area contributed by atoms with Crippen LogP contribution in [-0.2, 0) is 27.7 Å². The molecule has 1 aliphatic carbocycles. The Hall–Kier alpha value is -3.39. The highest BCUT2D eigenvalue weighted by Gasteiger charge is 2.28. The van der Waals surface area contributed by atoms with Gasteiger partial charge in [0.25, 0.3) is 10.0 Å². The van der Waals surface area contributed by atoms with Crippen molar-refractivity contribution in [2.45, 2.75) is 44.0 Å². The monoisotopic (exact) mass is 496 g/mol. The third-order valence-corrected chi connectivity index (χ3v) is 7.91. The number of sulfonamides is 1. The number of aryl methyl sites for hydroxylation is 2. The molecule has 184 valence electrons. The lowest BCUT2D eigenvalue weighted by Gasteiger charge is -2.25. The van der Waals surface area contributed by atoms with Crippen molar-refractivity contribution >= 4 is 21.6 Å². The summed E-state index contributed by atoms with van der Waals surface area (Å²) in [6.45, 7) is 3.72. The maximum atomic E-state index is 13.5. The molecule has 0 spiro atoms. The van der Waals surface area contributed by atoms with Crippen molar-refractivity contribution in [1.29, 1.82) is 0 Å². The van der Waals surface area contributed by atoms with Crippen LogP contribution in [0.3, 0.4) is 0 Å². The zero-order chi connectivity index (χ0) is 25.0. The van der Waals surface area contributed by atoms with E-state index < -0.39 is 28.3 Å². The van der Waals surface area contributed by atoms with Gasteiger partial charge in [-0.15, -0.1) is 0 Å². The first-order chi connectivity index (χ1) is 16.8. The molecule has 0 bridgehead atoms. The number of nitrogens with zero attached hydrogens (tertiary/aromatic N) is 1. The second-order valence-electron chi connectivity index (χ2n) is 8.56. The highest BCUT2D eigenvalue weighted by atomic mass is 32.2. The second kappa shape index (κ2) is 10.5. The molecule has 0 radical (unpaired) electrons. The third-order valence-electron chi connectivity index (χ3n) is 6.12. The topological polar surface area (TPSA) is 75.7 Å². The SMILES string of the molecule is CCOc1ccc(S(=O)(=O)N(CC(=O)N[C@@H](C)c2ccc3c(c2)CCC3)c2ccc(F)cc2)cc1. The van der Waals surface area contributed by atoms with Crippen LogP contribution in [0.2, 0.25) is 0 Å². The smallest absolute Gasteiger partial charge is 0.264 e. The van der Waals surface area contributed by atoms with Crippen molar-refractivity contribution in [3.05, 3.63) is 89.2 Å². The van der Waals surface area contributed by atoms with E-state index in [-0.39, 0.29) is 16.6 Å². The van der Waals surface area contributed by atoms with Crippen molar-refractivity contribution in [2.75, 3.05) is 17.5 Å². The van der Waals surface area contributed by atoms with Gasteiger partial charge in [-0.25, -0.2) is 12.8 Å². The van der Waals surface area contributed by atoms with Crippen molar-refractivity contribution in [3.63, 3.8) is 0 Å². The fourth-order valence-electron chi connectivity index (χ4n) is 4.29. The molecule has 0 aromatic heterocycles. The quantitative estimate of drug-likeness (QED) is 0.462. The Bertz CT molecular complexity index is 1290. The lowest BCUT2D eigenvalue weighted by Crippen LogP contribution is -2.41. The summed E-state index contributed by atoms with van der Waals surface area (Å²) in [5.41, 5.74) is 3.81. The molecule has 1 N–H and O–H groups in total. The molecule has 1 amide bonds. The van der Waals surface area contributed by atoms with Gasteiger partial charge in [0.1, 0.15) is 18.1 Å². The van der Waals surface area contributed by atoms with Gasteiger partial charge in [0.2, 0.25) is 5.91 Å². The Morgan fingerprint density at radius 2 is 1.71 bits per heavy atom. The van der Waals surface area contributed by atoms with Gasteiger partial charge in [-0.05, 0) is 98.3 Å². The fourth-order valence-corrected chi connectivity index (χ4v) is 5.71. The molecule has 0 saturated heterocycles. The number of nitrogens with one attached hydrogen (secondary N) is 1. The molecule has 6 nitrogen and oxygen atoms in total. The van der Waals surface area contributed by atoms with E-state index in [1.807, 2.05) is 19.9 Å². The van der Waals surface area contributed by atoms with Crippen LogP contribution < -0.4 is 14.4 Å². The number of carbonyl (C=O) groups is 1. The van der Waals surface area contributed by atoms with Crippen LogP contribution in [0.4, 0.5) is 10.1 Å². The van der Waals surface area contributed by atoms with Gasteiger partial charge < -0.3 is 10.1 Å². The molecule has 0 fully saturated rings. The van der Waals surface area contributed by atoms with Crippen molar-refractivity contribution in [3.8, 4) is 5.75 Å². The summed E-state index contributed by atoms with van der Waals surface area (Å²) in [5, 5.41) is 2.91. The molecule has 3 aromatic carbocycles. The molecule has 3 aromatic rings. The van der Waals surface area contributed by atoms with Gasteiger partial charge in [0.15, 0.2) is 0 Å². The number of carbonyl (C=O) groups excluding carboxylic acids is 1. The molecule has 0 unspecified atom stereocenters. The number of anilines is 1. The summed E-state index contributed by atoms with van der Waals surface area (Å²) in [7, 11) is -4.11. The van der Waals surface area contributed by atoms with Gasteiger partial charge in [0.05, 0.1) is 23.2 Å². The molecule has 0 saturated carbocycles. The largest absolute Gasteiger partial charge is 0.494 e. The van der Waals surface area contributed by atoms with Crippen LogP contribution in [-0.4, -0.2) is 27.5 Å². The summed E-state index contributed by atoms with van der Waals surface area (Å²) in [5.74, 6) is -0.417. The minimum Gasteiger partial charge on any atom is -0.494 e. The van der Waals surface area contributed by atoms with Gasteiger partial charge in [-0.3, -0.25) is 9.10 Å². The van der Waals surface area contributed by atoms with E-state index in [0.717, 1.165) is 29.1 Å². The number of hydrogen-bond donors (Lipinski definition) is 1. The molecular formula is C27H29FN2O4S. The van der Waals surface area contributed by atoms with Crippen LogP contribution in [0.5, 0.6) is 5.75 Å². The summed E-state index contributed by atoms with van der Waals surface area (Å²) in [4.78, 5) is 13.0. The predicted molar refractivity (Wildman–Crippen MR) is 134 cm³/mol. The highest BCUT2D eigenvalue weighted by Crippen LogP contribution is 2.27. The fraction of sp³-hybridized carbons (Fsp3) is 0.296. The van der Waals surface area contributed by atoms with Crippen molar-refractivity contribution in [1.82, 2.24) is 5.32 Å². The first kappa shape index (κ1) is 24.7. The Balaban J connectivity index is 1.56. The second-order valence-corrected chi connectivity index (χ2v) is 10.4. The number of amides is 1. The van der Waals surface area contributed by atoms with E-state index in [1.54, 1.807) is 12.1 Å². The van der Waals surface area contributed by atoms with Gasteiger partial charge in [0, 0.05) is 0 Å². The standard InChI is InChI=1S/C27H29FN2O4S/c1-3-34-25-13-15-26(16-14-25)35(32,33)30(24-11-9-23(28)10-12-24)18-27(31)29-19(2)21-8-7-20-5-4-6-22(20)17-21/h7-17,19H,3-6,18H2,1-2H3,(H,29,31)/t19-/m0/s1. The molecule has 1 aliphatic rings. The minimum atomic E-state index is -4.11. The number of benzene rings is 3.